The van der Waals surface area contributed by atoms with E-state index in [1.54, 1.807) is 36.4 Å². The molecule has 1 aromatic heterocycles. The normalized spacial score (nSPS) is 11.1. The number of nitro groups is 1. The van der Waals surface area contributed by atoms with Crippen molar-refractivity contribution in [3.05, 3.63) is 75.4 Å². The Balaban J connectivity index is 1.79. The van der Waals surface area contributed by atoms with Crippen molar-refractivity contribution in [2.24, 2.45) is 5.14 Å². The molecule has 12 heteroatoms. The van der Waals surface area contributed by atoms with Gasteiger partial charge in [-0.05, 0) is 42.0 Å². The molecular formula is C17H15ClN6O4S. The molecule has 3 aromatic rings. The Kier molecular flexibility index (Phi) is 5.92. The van der Waals surface area contributed by atoms with Gasteiger partial charge in [0.2, 0.25) is 21.8 Å². The minimum Gasteiger partial charge on any atom is -0.360 e. The number of aromatic nitrogens is 2. The molecule has 0 aliphatic rings. The van der Waals surface area contributed by atoms with E-state index in [0.29, 0.717) is 16.3 Å². The van der Waals surface area contributed by atoms with E-state index in [0.717, 1.165) is 6.20 Å². The van der Waals surface area contributed by atoms with Crippen LogP contribution in [-0.2, 0) is 16.6 Å². The van der Waals surface area contributed by atoms with Gasteiger partial charge in [0.15, 0.2) is 0 Å². The number of halogens is 1. The number of rotatable bonds is 7. The van der Waals surface area contributed by atoms with Gasteiger partial charge in [-0.1, -0.05) is 23.7 Å². The van der Waals surface area contributed by atoms with Gasteiger partial charge in [0.1, 0.15) is 6.20 Å². The first-order valence-electron chi connectivity index (χ1n) is 8.12. The second-order valence-corrected chi connectivity index (χ2v) is 7.86. The van der Waals surface area contributed by atoms with E-state index < -0.39 is 14.9 Å². The molecule has 0 saturated heterocycles. The van der Waals surface area contributed by atoms with Gasteiger partial charge in [-0.2, -0.15) is 4.98 Å². The summed E-state index contributed by atoms with van der Waals surface area (Å²) < 4.78 is 22.6. The van der Waals surface area contributed by atoms with Gasteiger partial charge in [-0.15, -0.1) is 0 Å². The van der Waals surface area contributed by atoms with Crippen LogP contribution in [0.3, 0.4) is 0 Å². The third-order valence-electron chi connectivity index (χ3n) is 3.78. The van der Waals surface area contributed by atoms with Crippen molar-refractivity contribution < 1.29 is 13.3 Å². The first kappa shape index (κ1) is 20.5. The molecule has 29 heavy (non-hydrogen) atoms. The van der Waals surface area contributed by atoms with Gasteiger partial charge < -0.3 is 10.6 Å². The molecule has 3 rings (SSSR count). The van der Waals surface area contributed by atoms with Crippen LogP contribution < -0.4 is 15.8 Å². The first-order chi connectivity index (χ1) is 13.7. The van der Waals surface area contributed by atoms with Gasteiger partial charge in [-0.3, -0.25) is 10.1 Å². The highest BCUT2D eigenvalue weighted by molar-refractivity contribution is 7.89. The van der Waals surface area contributed by atoms with Crippen LogP contribution in [0.5, 0.6) is 0 Å². The third-order valence-corrected chi connectivity index (χ3v) is 4.96. The number of nitrogens with one attached hydrogen (secondary N) is 2. The second kappa shape index (κ2) is 8.39. The Hall–Kier alpha value is -3.28. The van der Waals surface area contributed by atoms with Crippen LogP contribution in [0, 0.1) is 10.1 Å². The summed E-state index contributed by atoms with van der Waals surface area (Å²) in [4.78, 5) is 18.8. The summed E-state index contributed by atoms with van der Waals surface area (Å²) >= 11 is 5.85. The van der Waals surface area contributed by atoms with Crippen LogP contribution in [0.2, 0.25) is 5.02 Å². The smallest absolute Gasteiger partial charge is 0.329 e. The molecule has 4 N–H and O–H groups in total. The lowest BCUT2D eigenvalue weighted by molar-refractivity contribution is -0.384. The molecule has 1 heterocycles. The van der Waals surface area contributed by atoms with E-state index in [1.807, 2.05) is 0 Å². The van der Waals surface area contributed by atoms with Crippen LogP contribution in [0.4, 0.5) is 23.1 Å². The van der Waals surface area contributed by atoms with Crippen molar-refractivity contribution in [2.75, 3.05) is 10.6 Å². The van der Waals surface area contributed by atoms with Crippen LogP contribution in [-0.4, -0.2) is 23.3 Å². The average Bonchev–Trinajstić information content (AvgIpc) is 2.68. The largest absolute Gasteiger partial charge is 0.360 e. The zero-order chi connectivity index (χ0) is 21.0. The van der Waals surface area contributed by atoms with E-state index in [9.17, 15) is 18.5 Å². The van der Waals surface area contributed by atoms with E-state index >= 15 is 0 Å². The summed E-state index contributed by atoms with van der Waals surface area (Å²) in [7, 11) is -3.79. The lowest BCUT2D eigenvalue weighted by Gasteiger charge is -2.09. The van der Waals surface area contributed by atoms with Gasteiger partial charge in [0, 0.05) is 17.3 Å². The Morgan fingerprint density at radius 3 is 2.34 bits per heavy atom. The molecule has 0 saturated carbocycles. The Morgan fingerprint density at radius 1 is 1.10 bits per heavy atom. The van der Waals surface area contributed by atoms with E-state index in [4.69, 9.17) is 16.7 Å². The number of anilines is 3. The highest BCUT2D eigenvalue weighted by Crippen LogP contribution is 2.24. The fraction of sp³-hybridized carbons (Fsp3) is 0.0588. The second-order valence-electron chi connectivity index (χ2n) is 5.86. The van der Waals surface area contributed by atoms with Crippen molar-refractivity contribution in [2.45, 2.75) is 11.4 Å². The molecule has 0 atom stereocenters. The first-order valence-corrected chi connectivity index (χ1v) is 10.0. The number of sulfonamides is 1. The predicted molar refractivity (Wildman–Crippen MR) is 109 cm³/mol. The number of hydrogen-bond acceptors (Lipinski definition) is 8. The van der Waals surface area contributed by atoms with Crippen molar-refractivity contribution in [3.8, 4) is 0 Å². The predicted octanol–water partition coefficient (Wildman–Crippen LogP) is 3.04. The SMILES string of the molecule is NS(=O)(=O)c1ccc(CNc2nc(Nc3ccc(Cl)cc3)ncc2[N+](=O)[O-])cc1. The fourth-order valence-corrected chi connectivity index (χ4v) is 2.99. The van der Waals surface area contributed by atoms with E-state index in [-0.39, 0.29) is 28.9 Å². The molecule has 0 bridgehead atoms. The highest BCUT2D eigenvalue weighted by atomic mass is 35.5. The molecule has 0 radical (unpaired) electrons. The number of primary sulfonamides is 1. The molecule has 0 fully saturated rings. The van der Waals surface area contributed by atoms with Crippen molar-refractivity contribution in [1.29, 1.82) is 0 Å². The number of nitrogens with zero attached hydrogens (tertiary/aromatic N) is 3. The molecule has 0 aliphatic carbocycles. The lowest BCUT2D eigenvalue weighted by Crippen LogP contribution is -2.12. The summed E-state index contributed by atoms with van der Waals surface area (Å²) in [5.41, 5.74) is 1.04. The summed E-state index contributed by atoms with van der Waals surface area (Å²) in [6.07, 6.45) is 1.09. The zero-order valence-electron chi connectivity index (χ0n) is 14.7. The van der Waals surface area contributed by atoms with E-state index in [1.165, 1.54) is 12.1 Å². The van der Waals surface area contributed by atoms with Crippen molar-refractivity contribution in [1.82, 2.24) is 9.97 Å². The van der Waals surface area contributed by atoms with Crippen LogP contribution in [0.25, 0.3) is 0 Å². The summed E-state index contributed by atoms with van der Waals surface area (Å²) in [6.45, 7) is 0.170. The minimum atomic E-state index is -3.79. The number of nitrogens with two attached hydrogens (primary N) is 1. The molecule has 0 unspecified atom stereocenters. The lowest BCUT2D eigenvalue weighted by atomic mass is 10.2. The monoisotopic (exact) mass is 434 g/mol. The summed E-state index contributed by atoms with van der Waals surface area (Å²) in [5, 5.41) is 22.7. The number of benzene rings is 2. The fourth-order valence-electron chi connectivity index (χ4n) is 2.34. The molecule has 0 spiro atoms. The summed E-state index contributed by atoms with van der Waals surface area (Å²) in [5.74, 6) is 0.169. The standard InChI is InChI=1S/C17H15ClN6O4S/c18-12-3-5-13(6-4-12)22-17-21-10-15(24(25)26)16(23-17)20-9-11-1-7-14(8-2-11)29(19,27)28/h1-8,10H,9H2,(H2,19,27,28)(H2,20,21,22,23). The Bertz CT molecular complexity index is 1140. The van der Waals surface area contributed by atoms with Crippen LogP contribution in [0.1, 0.15) is 5.56 Å². The molecular weight excluding hydrogens is 420 g/mol. The molecule has 150 valence electrons. The van der Waals surface area contributed by atoms with Crippen molar-refractivity contribution in [3.63, 3.8) is 0 Å². The van der Waals surface area contributed by atoms with Gasteiger partial charge in [0.05, 0.1) is 9.82 Å². The number of hydrogen-bond donors (Lipinski definition) is 3. The average molecular weight is 435 g/mol. The van der Waals surface area contributed by atoms with E-state index in [2.05, 4.69) is 20.6 Å². The summed E-state index contributed by atoms with van der Waals surface area (Å²) in [6, 6.07) is 12.6. The topological polar surface area (TPSA) is 153 Å². The third kappa shape index (κ3) is 5.38. The maximum absolute atomic E-state index is 11.3. The van der Waals surface area contributed by atoms with Gasteiger partial charge in [0.25, 0.3) is 0 Å². The van der Waals surface area contributed by atoms with Crippen molar-refractivity contribution >= 4 is 44.8 Å². The highest BCUT2D eigenvalue weighted by Gasteiger charge is 2.17. The van der Waals surface area contributed by atoms with Crippen LogP contribution >= 0.6 is 11.6 Å². The zero-order valence-corrected chi connectivity index (χ0v) is 16.3. The maximum Gasteiger partial charge on any atom is 0.329 e. The van der Waals surface area contributed by atoms with Gasteiger partial charge in [-0.25, -0.2) is 18.5 Å². The molecule has 2 aromatic carbocycles. The molecule has 10 nitrogen and oxygen atoms in total. The quantitative estimate of drug-likeness (QED) is 0.378. The Labute approximate surface area is 171 Å². The minimum absolute atomic E-state index is 0.0111. The van der Waals surface area contributed by atoms with Crippen LogP contribution in [0.15, 0.2) is 59.6 Å². The molecule has 0 amide bonds. The molecule has 0 aliphatic heterocycles. The Morgan fingerprint density at radius 2 is 1.76 bits per heavy atom. The van der Waals surface area contributed by atoms with Gasteiger partial charge >= 0.3 is 5.69 Å². The maximum atomic E-state index is 11.3.